The lowest BCUT2D eigenvalue weighted by Crippen LogP contribution is -2.14. The Labute approximate surface area is 131 Å². The zero-order valence-electron chi connectivity index (χ0n) is 11.9. The van der Waals surface area contributed by atoms with Crippen LogP contribution in [0.15, 0.2) is 48.5 Å². The molecule has 0 unspecified atom stereocenters. The summed E-state index contributed by atoms with van der Waals surface area (Å²) in [5.74, 6) is 0. The van der Waals surface area contributed by atoms with Gasteiger partial charge in [0.15, 0.2) is 0 Å². The number of nitro benzene ring substituents is 2. The largest absolute Gasteiger partial charge is 0.350 e. The van der Waals surface area contributed by atoms with Crippen LogP contribution in [0, 0.1) is 20.2 Å². The van der Waals surface area contributed by atoms with Crippen LogP contribution in [0.4, 0.5) is 11.4 Å². The molecule has 8 nitrogen and oxygen atoms in total. The maximum absolute atomic E-state index is 10.8. The Bertz CT molecular complexity index is 747. The van der Waals surface area contributed by atoms with Gasteiger partial charge in [0.05, 0.1) is 16.0 Å². The summed E-state index contributed by atoms with van der Waals surface area (Å²) in [7, 11) is 0. The van der Waals surface area contributed by atoms with Gasteiger partial charge in [-0.1, -0.05) is 12.1 Å². The molecule has 0 amide bonds. The van der Waals surface area contributed by atoms with E-state index in [2.05, 4.69) is 5.32 Å². The minimum Gasteiger partial charge on any atom is -0.350 e. The van der Waals surface area contributed by atoms with Crippen LogP contribution in [-0.2, 0) is 4.74 Å². The highest BCUT2D eigenvalue weighted by molar-refractivity contribution is 5.36. The second kappa shape index (κ2) is 6.11. The van der Waals surface area contributed by atoms with Gasteiger partial charge in [-0.05, 0) is 17.7 Å². The average molecular weight is 315 g/mol. The molecule has 1 heterocycles. The van der Waals surface area contributed by atoms with Gasteiger partial charge < -0.3 is 4.74 Å². The Kier molecular flexibility index (Phi) is 4.00. The van der Waals surface area contributed by atoms with Crippen molar-refractivity contribution in [2.75, 3.05) is 6.54 Å². The van der Waals surface area contributed by atoms with Crippen LogP contribution >= 0.6 is 0 Å². The summed E-state index contributed by atoms with van der Waals surface area (Å²) in [6.45, 7) is 0.519. The predicted molar refractivity (Wildman–Crippen MR) is 80.8 cm³/mol. The Hall–Kier alpha value is -2.84. The first-order valence-electron chi connectivity index (χ1n) is 6.92. The van der Waals surface area contributed by atoms with Crippen molar-refractivity contribution in [3.05, 3.63) is 79.9 Å². The molecule has 118 valence electrons. The summed E-state index contributed by atoms with van der Waals surface area (Å²) in [6, 6.07) is 12.4. The topological polar surface area (TPSA) is 108 Å². The number of ether oxygens (including phenoxy) is 1. The molecule has 8 heteroatoms. The lowest BCUT2D eigenvalue weighted by Gasteiger charge is -2.13. The third kappa shape index (κ3) is 3.17. The highest BCUT2D eigenvalue weighted by atomic mass is 16.6. The second-order valence-corrected chi connectivity index (χ2v) is 5.11. The van der Waals surface area contributed by atoms with Gasteiger partial charge >= 0.3 is 0 Å². The predicted octanol–water partition coefficient (Wildman–Crippen LogP) is 2.86. The molecule has 0 radical (unpaired) electrons. The molecule has 0 saturated carbocycles. The van der Waals surface area contributed by atoms with Crippen LogP contribution in [0.2, 0.25) is 0 Å². The van der Waals surface area contributed by atoms with Crippen LogP contribution in [0.25, 0.3) is 0 Å². The standard InChI is InChI=1S/C15H13N3O5/c19-17(20)12-6-4-10(5-7-12)14-9-16-15(23-14)11-2-1-3-13(8-11)18(21)22/h1-8,14-16H,9H2/t14-,15-/m1/s1. The van der Waals surface area contributed by atoms with Gasteiger partial charge in [-0.3, -0.25) is 25.5 Å². The molecular formula is C15H13N3O5. The lowest BCUT2D eigenvalue weighted by atomic mass is 10.1. The third-order valence-electron chi connectivity index (χ3n) is 3.65. The van der Waals surface area contributed by atoms with Crippen LogP contribution < -0.4 is 5.32 Å². The Morgan fingerprint density at radius 3 is 2.30 bits per heavy atom. The number of hydrogen-bond donors (Lipinski definition) is 1. The molecule has 0 bridgehead atoms. The molecule has 2 atom stereocenters. The SMILES string of the molecule is O=[N+]([O-])c1ccc([C@H]2CN[C@@H](c3cccc([N+](=O)[O-])c3)O2)cc1. The average Bonchev–Trinajstić information content (AvgIpc) is 3.05. The van der Waals surface area contributed by atoms with Crippen molar-refractivity contribution in [2.45, 2.75) is 12.3 Å². The smallest absolute Gasteiger partial charge is 0.269 e. The molecule has 1 N–H and O–H groups in total. The summed E-state index contributed by atoms with van der Waals surface area (Å²) in [6.07, 6.45) is -0.713. The van der Waals surface area contributed by atoms with Crippen LogP contribution in [0.3, 0.4) is 0 Å². The van der Waals surface area contributed by atoms with Gasteiger partial charge in [0.25, 0.3) is 11.4 Å². The minimum absolute atomic E-state index is 0.00619. The molecule has 0 aliphatic carbocycles. The maximum atomic E-state index is 10.8. The zero-order chi connectivity index (χ0) is 16.4. The number of rotatable bonds is 4. The van der Waals surface area contributed by atoms with E-state index in [0.29, 0.717) is 12.1 Å². The molecule has 0 spiro atoms. The van der Waals surface area contributed by atoms with Crippen molar-refractivity contribution >= 4 is 11.4 Å². The van der Waals surface area contributed by atoms with E-state index in [9.17, 15) is 20.2 Å². The van der Waals surface area contributed by atoms with E-state index in [1.165, 1.54) is 24.3 Å². The molecule has 0 aromatic heterocycles. The number of hydrogen-bond acceptors (Lipinski definition) is 6. The fourth-order valence-corrected chi connectivity index (χ4v) is 2.48. The number of benzene rings is 2. The Balaban J connectivity index is 1.74. The van der Waals surface area contributed by atoms with Gasteiger partial charge in [0.2, 0.25) is 0 Å². The summed E-state index contributed by atoms with van der Waals surface area (Å²) >= 11 is 0. The molecule has 1 aliphatic heterocycles. The monoisotopic (exact) mass is 315 g/mol. The Morgan fingerprint density at radius 1 is 0.957 bits per heavy atom. The number of nitrogens with one attached hydrogen (secondary N) is 1. The zero-order valence-corrected chi connectivity index (χ0v) is 11.9. The van der Waals surface area contributed by atoms with Crippen molar-refractivity contribution in [1.29, 1.82) is 0 Å². The first kappa shape index (κ1) is 15.1. The summed E-state index contributed by atoms with van der Waals surface area (Å²) in [5.41, 5.74) is 1.52. The van der Waals surface area contributed by atoms with Crippen molar-refractivity contribution in [3.8, 4) is 0 Å². The molecule has 1 aliphatic rings. The van der Waals surface area contributed by atoms with Crippen molar-refractivity contribution in [2.24, 2.45) is 0 Å². The van der Waals surface area contributed by atoms with Gasteiger partial charge in [0.1, 0.15) is 6.23 Å². The van der Waals surface area contributed by atoms with Crippen LogP contribution in [0.1, 0.15) is 23.5 Å². The van der Waals surface area contributed by atoms with E-state index in [1.54, 1.807) is 24.3 Å². The number of non-ortho nitro benzene ring substituents is 2. The van der Waals surface area contributed by atoms with Gasteiger partial charge in [-0.2, -0.15) is 0 Å². The van der Waals surface area contributed by atoms with E-state index >= 15 is 0 Å². The fourth-order valence-electron chi connectivity index (χ4n) is 2.48. The highest BCUT2D eigenvalue weighted by Crippen LogP contribution is 2.32. The molecule has 23 heavy (non-hydrogen) atoms. The minimum atomic E-state index is -0.455. The lowest BCUT2D eigenvalue weighted by molar-refractivity contribution is -0.385. The molecule has 3 rings (SSSR count). The third-order valence-corrected chi connectivity index (χ3v) is 3.65. The summed E-state index contributed by atoms with van der Waals surface area (Å²) < 4.78 is 5.87. The summed E-state index contributed by atoms with van der Waals surface area (Å²) in [4.78, 5) is 20.6. The summed E-state index contributed by atoms with van der Waals surface area (Å²) in [5, 5.41) is 24.6. The van der Waals surface area contributed by atoms with Crippen molar-refractivity contribution < 1.29 is 14.6 Å². The number of nitro groups is 2. The van der Waals surface area contributed by atoms with E-state index in [0.717, 1.165) is 5.56 Å². The normalized spacial score (nSPS) is 20.3. The quantitative estimate of drug-likeness (QED) is 0.686. The molecule has 2 aromatic carbocycles. The first-order valence-corrected chi connectivity index (χ1v) is 6.92. The number of nitrogens with zero attached hydrogens (tertiary/aromatic N) is 2. The van der Waals surface area contributed by atoms with Crippen molar-refractivity contribution in [3.63, 3.8) is 0 Å². The van der Waals surface area contributed by atoms with E-state index < -0.39 is 16.1 Å². The van der Waals surface area contributed by atoms with E-state index in [4.69, 9.17) is 4.74 Å². The molecular weight excluding hydrogens is 302 g/mol. The van der Waals surface area contributed by atoms with Gasteiger partial charge in [-0.25, -0.2) is 0 Å². The van der Waals surface area contributed by atoms with Crippen LogP contribution in [-0.4, -0.2) is 16.4 Å². The second-order valence-electron chi connectivity index (χ2n) is 5.11. The first-order chi connectivity index (χ1) is 11.0. The molecule has 1 fully saturated rings. The van der Waals surface area contributed by atoms with Gasteiger partial charge in [-0.15, -0.1) is 0 Å². The van der Waals surface area contributed by atoms with E-state index in [1.807, 2.05) is 0 Å². The van der Waals surface area contributed by atoms with E-state index in [-0.39, 0.29) is 17.5 Å². The highest BCUT2D eigenvalue weighted by Gasteiger charge is 2.28. The molecule has 1 saturated heterocycles. The maximum Gasteiger partial charge on any atom is 0.269 e. The fraction of sp³-hybridized carbons (Fsp3) is 0.200. The van der Waals surface area contributed by atoms with Crippen LogP contribution in [0.5, 0.6) is 0 Å². The molecule has 2 aromatic rings. The Morgan fingerprint density at radius 2 is 1.65 bits per heavy atom. The van der Waals surface area contributed by atoms with Crippen molar-refractivity contribution in [1.82, 2.24) is 5.32 Å². The van der Waals surface area contributed by atoms with Gasteiger partial charge in [0, 0.05) is 36.4 Å².